The smallest absolute Gasteiger partial charge is 0.242 e. The summed E-state index contributed by atoms with van der Waals surface area (Å²) in [6.07, 6.45) is 3.67. The molecule has 1 aliphatic carbocycles. The Balaban J connectivity index is 2.14. The Morgan fingerprint density at radius 1 is 1.35 bits per heavy atom. The topological polar surface area (TPSA) is 75.4 Å². The van der Waals surface area contributed by atoms with Crippen molar-refractivity contribution < 1.29 is 8.42 Å². The van der Waals surface area contributed by atoms with Gasteiger partial charge in [-0.25, -0.2) is 12.7 Å². The molecule has 1 aliphatic rings. The largest absolute Gasteiger partial charge is 0.397 e. The maximum Gasteiger partial charge on any atom is 0.242 e. The van der Waals surface area contributed by atoms with E-state index in [1.165, 1.54) is 37.3 Å². The van der Waals surface area contributed by atoms with Crippen LogP contribution in [0.3, 0.4) is 0 Å². The Morgan fingerprint density at radius 3 is 2.45 bits per heavy atom. The second-order valence-corrected chi connectivity index (χ2v) is 7.90. The van der Waals surface area contributed by atoms with Gasteiger partial charge >= 0.3 is 0 Å². The third-order valence-corrected chi connectivity index (χ3v) is 5.97. The number of nitrogen functional groups attached to an aromatic ring is 1. The average Bonchev–Trinajstić information content (AvgIpc) is 3.17. The van der Waals surface area contributed by atoms with Crippen LogP contribution in [-0.4, -0.2) is 33.4 Å². The first-order valence-electron chi connectivity index (χ1n) is 6.87. The first-order valence-corrected chi connectivity index (χ1v) is 8.31. The highest BCUT2D eigenvalue weighted by molar-refractivity contribution is 7.89. The summed E-state index contributed by atoms with van der Waals surface area (Å²) in [5.41, 5.74) is 7.66. The van der Waals surface area contributed by atoms with Crippen molar-refractivity contribution in [3.63, 3.8) is 0 Å². The summed E-state index contributed by atoms with van der Waals surface area (Å²) in [5, 5.41) is 3.34. The van der Waals surface area contributed by atoms with Crippen LogP contribution in [0, 0.1) is 5.41 Å². The predicted octanol–water partition coefficient (Wildman–Crippen LogP) is 2.12. The van der Waals surface area contributed by atoms with Crippen molar-refractivity contribution in [2.45, 2.75) is 31.1 Å². The summed E-state index contributed by atoms with van der Waals surface area (Å²) in [5.74, 6) is 0. The number of anilines is 2. The molecule has 0 spiro atoms. The van der Waals surface area contributed by atoms with E-state index in [2.05, 4.69) is 12.2 Å². The maximum atomic E-state index is 12.0. The van der Waals surface area contributed by atoms with Crippen molar-refractivity contribution in [1.82, 2.24) is 4.31 Å². The Bertz CT molecular complexity index is 592. The summed E-state index contributed by atoms with van der Waals surface area (Å²) < 4.78 is 25.2. The van der Waals surface area contributed by atoms with Gasteiger partial charge in [-0.3, -0.25) is 0 Å². The molecule has 0 saturated heterocycles. The zero-order valence-corrected chi connectivity index (χ0v) is 13.1. The van der Waals surface area contributed by atoms with Crippen molar-refractivity contribution in [2.24, 2.45) is 5.41 Å². The second kappa shape index (κ2) is 5.26. The van der Waals surface area contributed by atoms with E-state index in [4.69, 9.17) is 5.73 Å². The molecule has 1 fully saturated rings. The molecule has 0 radical (unpaired) electrons. The molecular weight excluding hydrogens is 274 g/mol. The molecule has 1 aromatic carbocycles. The van der Waals surface area contributed by atoms with Gasteiger partial charge in [-0.15, -0.1) is 0 Å². The fourth-order valence-corrected chi connectivity index (χ4v) is 3.13. The van der Waals surface area contributed by atoms with Gasteiger partial charge in [0, 0.05) is 20.6 Å². The molecule has 20 heavy (non-hydrogen) atoms. The summed E-state index contributed by atoms with van der Waals surface area (Å²) in [7, 11) is -0.407. The number of sulfonamides is 1. The van der Waals surface area contributed by atoms with Crippen LogP contribution in [0.5, 0.6) is 0 Å². The molecular formula is C14H23N3O2S. The number of nitrogens with zero attached hydrogens (tertiary/aromatic N) is 1. The number of hydrogen-bond acceptors (Lipinski definition) is 4. The Kier molecular flexibility index (Phi) is 3.97. The number of rotatable bonds is 6. The van der Waals surface area contributed by atoms with E-state index in [1.807, 2.05) is 0 Å². The van der Waals surface area contributed by atoms with Gasteiger partial charge < -0.3 is 11.1 Å². The molecule has 0 aliphatic heterocycles. The molecule has 0 amide bonds. The third-order valence-electron chi connectivity index (χ3n) is 4.16. The van der Waals surface area contributed by atoms with Gasteiger partial charge in [-0.1, -0.05) is 6.92 Å². The van der Waals surface area contributed by atoms with Crippen LogP contribution in [0.25, 0.3) is 0 Å². The van der Waals surface area contributed by atoms with Gasteiger partial charge in [-0.2, -0.15) is 0 Å². The van der Waals surface area contributed by atoms with Crippen molar-refractivity contribution >= 4 is 21.4 Å². The molecule has 5 nitrogen and oxygen atoms in total. The molecule has 0 bridgehead atoms. The van der Waals surface area contributed by atoms with Gasteiger partial charge in [0.05, 0.1) is 16.3 Å². The lowest BCUT2D eigenvalue weighted by atomic mass is 10.0. The van der Waals surface area contributed by atoms with Crippen LogP contribution in [0.4, 0.5) is 11.4 Å². The average molecular weight is 297 g/mol. The summed E-state index contributed by atoms with van der Waals surface area (Å²) in [6, 6.07) is 4.86. The molecule has 0 atom stereocenters. The zero-order valence-electron chi connectivity index (χ0n) is 12.3. The lowest BCUT2D eigenvalue weighted by Gasteiger charge is -2.17. The number of nitrogens with one attached hydrogen (secondary N) is 1. The van der Waals surface area contributed by atoms with E-state index in [1.54, 1.807) is 12.1 Å². The highest BCUT2D eigenvalue weighted by atomic mass is 32.2. The fourth-order valence-electron chi connectivity index (χ4n) is 2.19. The molecule has 6 heteroatoms. The number of hydrogen-bond donors (Lipinski definition) is 2. The van der Waals surface area contributed by atoms with Crippen LogP contribution in [0.2, 0.25) is 0 Å². The Labute approximate surface area is 121 Å². The Hall–Kier alpha value is -1.27. The maximum absolute atomic E-state index is 12.0. The molecule has 112 valence electrons. The molecule has 0 aromatic heterocycles. The fraction of sp³-hybridized carbons (Fsp3) is 0.571. The van der Waals surface area contributed by atoms with Gasteiger partial charge in [0.25, 0.3) is 0 Å². The standard InChI is InChI=1S/C14H23N3O2S/c1-4-14(7-8-14)10-16-13-6-5-11(9-12(13)15)20(18,19)17(2)3/h5-6,9,16H,4,7-8,10,15H2,1-3H3. The zero-order chi connectivity index (χ0) is 15.0. The van der Waals surface area contributed by atoms with Crippen LogP contribution < -0.4 is 11.1 Å². The van der Waals surface area contributed by atoms with Gasteiger partial charge in [0.15, 0.2) is 0 Å². The lowest BCUT2D eigenvalue weighted by Crippen LogP contribution is -2.22. The minimum Gasteiger partial charge on any atom is -0.397 e. The van der Waals surface area contributed by atoms with E-state index in [9.17, 15) is 8.42 Å². The van der Waals surface area contributed by atoms with E-state index >= 15 is 0 Å². The first-order chi connectivity index (χ1) is 9.31. The third kappa shape index (κ3) is 2.91. The van der Waals surface area contributed by atoms with Crippen LogP contribution in [0.15, 0.2) is 23.1 Å². The minimum absolute atomic E-state index is 0.224. The van der Waals surface area contributed by atoms with Crippen LogP contribution in [-0.2, 0) is 10.0 Å². The number of benzene rings is 1. The van der Waals surface area contributed by atoms with Crippen molar-refractivity contribution in [2.75, 3.05) is 31.7 Å². The Morgan fingerprint density at radius 2 is 2.00 bits per heavy atom. The quantitative estimate of drug-likeness (QED) is 0.789. The van der Waals surface area contributed by atoms with Gasteiger partial charge in [0.2, 0.25) is 10.0 Å². The monoisotopic (exact) mass is 297 g/mol. The van der Waals surface area contributed by atoms with Crippen molar-refractivity contribution in [3.8, 4) is 0 Å². The van der Waals surface area contributed by atoms with Crippen LogP contribution >= 0.6 is 0 Å². The van der Waals surface area contributed by atoms with Crippen molar-refractivity contribution in [1.29, 1.82) is 0 Å². The summed E-state index contributed by atoms with van der Waals surface area (Å²) in [6.45, 7) is 3.10. The first kappa shape index (κ1) is 15.1. The highest BCUT2D eigenvalue weighted by Gasteiger charge is 2.40. The SMILES string of the molecule is CCC1(CNc2ccc(S(=O)(=O)N(C)C)cc2N)CC1. The van der Waals surface area contributed by atoms with Crippen LogP contribution in [0.1, 0.15) is 26.2 Å². The van der Waals surface area contributed by atoms with Crippen molar-refractivity contribution in [3.05, 3.63) is 18.2 Å². The molecule has 2 rings (SSSR count). The van der Waals surface area contributed by atoms with E-state index in [0.29, 0.717) is 11.1 Å². The molecule has 3 N–H and O–H groups in total. The normalized spacial score (nSPS) is 17.2. The lowest BCUT2D eigenvalue weighted by molar-refractivity contribution is 0.520. The molecule has 0 unspecified atom stereocenters. The predicted molar refractivity (Wildman–Crippen MR) is 82.2 cm³/mol. The van der Waals surface area contributed by atoms with E-state index in [-0.39, 0.29) is 4.90 Å². The molecule has 1 saturated carbocycles. The minimum atomic E-state index is -3.43. The van der Waals surface area contributed by atoms with E-state index in [0.717, 1.165) is 18.7 Å². The molecule has 1 aromatic rings. The molecule has 0 heterocycles. The summed E-state index contributed by atoms with van der Waals surface area (Å²) >= 11 is 0. The summed E-state index contributed by atoms with van der Waals surface area (Å²) in [4.78, 5) is 0.224. The van der Waals surface area contributed by atoms with Gasteiger partial charge in [-0.05, 0) is 42.9 Å². The number of nitrogens with two attached hydrogens (primary N) is 1. The highest BCUT2D eigenvalue weighted by Crippen LogP contribution is 2.48. The second-order valence-electron chi connectivity index (χ2n) is 5.74. The van der Waals surface area contributed by atoms with Gasteiger partial charge in [0.1, 0.15) is 0 Å². The van der Waals surface area contributed by atoms with E-state index < -0.39 is 10.0 Å².